The van der Waals surface area contributed by atoms with Gasteiger partial charge in [-0.3, -0.25) is 4.79 Å². The van der Waals surface area contributed by atoms with Gasteiger partial charge in [-0.25, -0.2) is 0 Å². The third-order valence-corrected chi connectivity index (χ3v) is 7.00. The summed E-state index contributed by atoms with van der Waals surface area (Å²) >= 11 is 0. The number of likely N-dealkylation sites (N-methyl/N-ethyl adjacent to an activating group) is 1. The van der Waals surface area contributed by atoms with Crippen LogP contribution < -0.4 is 9.64 Å². The van der Waals surface area contributed by atoms with Crippen LogP contribution in [-0.2, 0) is 11.8 Å². The lowest BCUT2D eigenvalue weighted by Crippen LogP contribution is -2.30. The van der Waals surface area contributed by atoms with Gasteiger partial charge in [0.05, 0.1) is 0 Å². The number of Topliss-reactive ketones (excluding diaryl/α,β-unsaturated/α-hetero) is 1. The first-order chi connectivity index (χ1) is 14.8. The molecule has 4 nitrogen and oxygen atoms in total. The highest BCUT2D eigenvalue weighted by Gasteiger charge is 2.42. The number of allylic oxidation sites excluding steroid dienone is 2. The molecule has 0 aromatic heterocycles. The molecule has 0 bridgehead atoms. The zero-order valence-corrected chi connectivity index (χ0v) is 19.7. The molecule has 0 heterocycles. The summed E-state index contributed by atoms with van der Waals surface area (Å²) in [4.78, 5) is 18.0. The number of hydrogen-bond donors (Lipinski definition) is 0. The van der Waals surface area contributed by atoms with Gasteiger partial charge in [-0.05, 0) is 72.1 Å². The highest BCUT2D eigenvalue weighted by molar-refractivity contribution is 6.33. The van der Waals surface area contributed by atoms with Crippen molar-refractivity contribution < 1.29 is 9.53 Å². The summed E-state index contributed by atoms with van der Waals surface area (Å²) in [6.45, 7) is 12.4. The molecule has 0 unspecified atom stereocenters. The summed E-state index contributed by atoms with van der Waals surface area (Å²) in [5, 5.41) is 0. The summed E-state index contributed by atoms with van der Waals surface area (Å²) in [7, 11) is 4.10. The molecule has 0 radical (unpaired) electrons. The predicted octanol–water partition coefficient (Wildman–Crippen LogP) is 4.96. The Hall–Kier alpha value is -2.59. The number of carbonyl (C=O) groups excluding carboxylic acids is 1. The van der Waals surface area contributed by atoms with Crippen LogP contribution in [0.4, 0.5) is 5.69 Å². The number of anilines is 1. The van der Waals surface area contributed by atoms with Gasteiger partial charge in [-0.15, -0.1) is 0 Å². The van der Waals surface area contributed by atoms with Gasteiger partial charge in [0.15, 0.2) is 5.78 Å². The topological polar surface area (TPSA) is 32.8 Å². The van der Waals surface area contributed by atoms with Crippen LogP contribution >= 0.6 is 0 Å². The van der Waals surface area contributed by atoms with Gasteiger partial charge in [-0.1, -0.05) is 33.8 Å². The highest BCUT2D eigenvalue weighted by atomic mass is 16.5. The van der Waals surface area contributed by atoms with Gasteiger partial charge in [0.1, 0.15) is 12.4 Å². The van der Waals surface area contributed by atoms with Crippen LogP contribution in [-0.4, -0.2) is 51.0 Å². The maximum atomic E-state index is 13.5. The van der Waals surface area contributed by atoms with Crippen molar-refractivity contribution in [3.8, 4) is 5.75 Å². The van der Waals surface area contributed by atoms with Crippen molar-refractivity contribution >= 4 is 17.0 Å². The van der Waals surface area contributed by atoms with Gasteiger partial charge < -0.3 is 14.5 Å². The van der Waals surface area contributed by atoms with E-state index in [4.69, 9.17) is 4.74 Å². The molecule has 4 heteroatoms. The second-order valence-corrected chi connectivity index (χ2v) is 9.30. The molecule has 2 aromatic rings. The first-order valence-corrected chi connectivity index (χ1v) is 11.4. The van der Waals surface area contributed by atoms with E-state index in [1.165, 1.54) is 16.8 Å². The fraction of sp³-hybridized carbons (Fsp3) is 0.444. The van der Waals surface area contributed by atoms with E-state index in [1.807, 2.05) is 12.1 Å². The molecule has 0 aliphatic heterocycles. The number of nitrogens with zero attached hydrogens (tertiary/aromatic N) is 2. The molecule has 164 valence electrons. The zero-order valence-electron chi connectivity index (χ0n) is 19.7. The maximum absolute atomic E-state index is 13.5. The Kier molecular flexibility index (Phi) is 5.69. The number of ether oxygens (including phenoxy) is 1. The molecule has 0 amide bonds. The number of ketones is 1. The third-order valence-electron chi connectivity index (χ3n) is 7.00. The van der Waals surface area contributed by atoms with E-state index in [2.05, 4.69) is 75.9 Å². The van der Waals surface area contributed by atoms with Gasteiger partial charge in [0.25, 0.3) is 0 Å². The van der Waals surface area contributed by atoms with E-state index in [-0.39, 0.29) is 11.2 Å². The molecule has 2 aromatic carbocycles. The second kappa shape index (κ2) is 8.16. The van der Waals surface area contributed by atoms with E-state index >= 15 is 0 Å². The lowest BCUT2D eigenvalue weighted by atomic mass is 9.68. The molecular weight excluding hydrogens is 384 g/mol. The molecule has 0 atom stereocenters. The number of fused-ring (bicyclic) bond motifs is 3. The van der Waals surface area contributed by atoms with Crippen molar-refractivity contribution in [2.24, 2.45) is 0 Å². The van der Waals surface area contributed by atoms with Gasteiger partial charge in [0, 0.05) is 42.9 Å². The van der Waals surface area contributed by atoms with Gasteiger partial charge in [-0.2, -0.15) is 0 Å². The predicted molar refractivity (Wildman–Crippen MR) is 128 cm³/mol. The summed E-state index contributed by atoms with van der Waals surface area (Å²) in [6.07, 6.45) is 0.831. The molecule has 0 fully saturated rings. The van der Waals surface area contributed by atoms with Crippen molar-refractivity contribution in [2.75, 3.05) is 45.2 Å². The van der Waals surface area contributed by atoms with Crippen LogP contribution in [0.1, 0.15) is 54.7 Å². The summed E-state index contributed by atoms with van der Waals surface area (Å²) < 4.78 is 6.08. The average Bonchev–Trinajstić information content (AvgIpc) is 3.15. The van der Waals surface area contributed by atoms with Crippen molar-refractivity contribution in [3.63, 3.8) is 0 Å². The Bertz CT molecular complexity index is 1050. The van der Waals surface area contributed by atoms with Crippen LogP contribution in [0.15, 0.2) is 42.0 Å². The van der Waals surface area contributed by atoms with Gasteiger partial charge in [0.2, 0.25) is 0 Å². The monoisotopic (exact) mass is 418 g/mol. The third kappa shape index (κ3) is 3.67. The number of rotatable bonds is 7. The van der Waals surface area contributed by atoms with E-state index in [9.17, 15) is 4.79 Å². The number of hydrogen-bond acceptors (Lipinski definition) is 4. The first-order valence-electron chi connectivity index (χ1n) is 11.4. The lowest BCUT2D eigenvalue weighted by molar-refractivity contribution is 0.105. The fourth-order valence-electron chi connectivity index (χ4n) is 4.94. The molecule has 0 saturated carbocycles. The zero-order chi connectivity index (χ0) is 22.3. The SMILES string of the molecule is CCN(CC)CCOc1ccc2c(c1)C(C)(C)C1=C(C2=O)c2ccc(N(C)C)cc2C1. The summed E-state index contributed by atoms with van der Waals surface area (Å²) in [5.74, 6) is 0.997. The molecule has 0 saturated heterocycles. The number of benzene rings is 2. The average molecular weight is 419 g/mol. The summed E-state index contributed by atoms with van der Waals surface area (Å²) in [5.41, 5.74) is 7.34. The normalized spacial score (nSPS) is 16.3. The van der Waals surface area contributed by atoms with E-state index in [1.54, 1.807) is 0 Å². The van der Waals surface area contributed by atoms with Crippen molar-refractivity contribution in [1.29, 1.82) is 0 Å². The Labute approximate surface area is 186 Å². The Morgan fingerprint density at radius 3 is 2.39 bits per heavy atom. The first kappa shape index (κ1) is 21.6. The van der Waals surface area contributed by atoms with Crippen LogP contribution in [0.25, 0.3) is 5.57 Å². The molecule has 2 aliphatic carbocycles. The van der Waals surface area contributed by atoms with E-state index in [0.29, 0.717) is 6.61 Å². The van der Waals surface area contributed by atoms with Crippen molar-refractivity contribution in [1.82, 2.24) is 4.90 Å². The van der Waals surface area contributed by atoms with E-state index < -0.39 is 0 Å². The summed E-state index contributed by atoms with van der Waals surface area (Å²) in [6, 6.07) is 12.5. The van der Waals surface area contributed by atoms with Gasteiger partial charge >= 0.3 is 0 Å². The standard InChI is InChI=1S/C27H34N2O2/c1-7-29(8-2)13-14-31-20-10-12-22-23(17-20)27(3,4)24-16-18-15-19(28(5)6)9-11-21(18)25(24)26(22)30/h9-12,15,17H,7-8,13-14,16H2,1-6H3. The quantitative estimate of drug-likeness (QED) is 0.636. The van der Waals surface area contributed by atoms with Crippen LogP contribution in [0.3, 0.4) is 0 Å². The van der Waals surface area contributed by atoms with Crippen molar-refractivity contribution in [3.05, 3.63) is 64.2 Å². The molecule has 4 rings (SSSR count). The van der Waals surface area contributed by atoms with Crippen LogP contribution in [0.2, 0.25) is 0 Å². The lowest BCUT2D eigenvalue weighted by Gasteiger charge is -2.34. The molecule has 2 aliphatic rings. The minimum absolute atomic E-state index is 0.148. The van der Waals surface area contributed by atoms with Crippen LogP contribution in [0, 0.1) is 0 Å². The Morgan fingerprint density at radius 1 is 1.00 bits per heavy atom. The molecule has 0 spiro atoms. The molecule has 0 N–H and O–H groups in total. The molecule has 31 heavy (non-hydrogen) atoms. The van der Waals surface area contributed by atoms with Crippen LogP contribution in [0.5, 0.6) is 5.75 Å². The molecular formula is C27H34N2O2. The van der Waals surface area contributed by atoms with Crippen molar-refractivity contribution in [2.45, 2.75) is 39.5 Å². The highest BCUT2D eigenvalue weighted by Crippen LogP contribution is 2.50. The van der Waals surface area contributed by atoms with E-state index in [0.717, 1.165) is 54.1 Å². The minimum Gasteiger partial charge on any atom is -0.492 e. The minimum atomic E-state index is -0.214. The largest absolute Gasteiger partial charge is 0.492 e. The number of carbonyl (C=O) groups is 1. The maximum Gasteiger partial charge on any atom is 0.193 e. The smallest absolute Gasteiger partial charge is 0.193 e. The Morgan fingerprint density at radius 2 is 1.71 bits per heavy atom. The fourth-order valence-corrected chi connectivity index (χ4v) is 4.94. The second-order valence-electron chi connectivity index (χ2n) is 9.30. The Balaban J connectivity index is 1.64.